The van der Waals surface area contributed by atoms with E-state index in [1.165, 1.54) is 11.1 Å². The lowest BCUT2D eigenvalue weighted by Crippen LogP contribution is -2.39. The van der Waals surface area contributed by atoms with Crippen molar-refractivity contribution in [3.05, 3.63) is 29.3 Å². The van der Waals surface area contributed by atoms with E-state index in [-0.39, 0.29) is 12.0 Å². The van der Waals surface area contributed by atoms with Crippen molar-refractivity contribution in [1.82, 2.24) is 5.32 Å². The summed E-state index contributed by atoms with van der Waals surface area (Å²) in [6.07, 6.45) is 2.51. The molecule has 0 bridgehead atoms. The second-order valence-electron chi connectivity index (χ2n) is 5.04. The molecule has 0 saturated heterocycles. The lowest BCUT2D eigenvalue weighted by Gasteiger charge is -2.17. The second kappa shape index (κ2) is 5.42. The second-order valence-corrected chi connectivity index (χ2v) is 5.04. The van der Waals surface area contributed by atoms with Crippen molar-refractivity contribution in [1.29, 1.82) is 0 Å². The van der Waals surface area contributed by atoms with Crippen molar-refractivity contribution >= 4 is 5.91 Å². The molecule has 2 rings (SSSR count). The predicted molar refractivity (Wildman–Crippen MR) is 71.8 cm³/mol. The Morgan fingerprint density at radius 1 is 1.39 bits per heavy atom. The van der Waals surface area contributed by atoms with Crippen molar-refractivity contribution < 1.29 is 9.53 Å². The molecule has 18 heavy (non-hydrogen) atoms. The number of nitrogens with one attached hydrogen (secondary N) is 1. The minimum absolute atomic E-state index is 0.0122. The van der Waals surface area contributed by atoms with Crippen LogP contribution in [0.1, 0.15) is 37.3 Å². The molecule has 3 heteroatoms. The summed E-state index contributed by atoms with van der Waals surface area (Å²) >= 11 is 0. The lowest BCUT2D eigenvalue weighted by molar-refractivity contribution is -0.128. The average Bonchev–Trinajstić information content (AvgIpc) is 3.14. The van der Waals surface area contributed by atoms with Crippen LogP contribution in [0.2, 0.25) is 0 Å². The van der Waals surface area contributed by atoms with E-state index in [1.807, 2.05) is 32.0 Å². The first-order valence-electron chi connectivity index (χ1n) is 6.64. The van der Waals surface area contributed by atoms with Crippen LogP contribution in [0.5, 0.6) is 5.75 Å². The Bertz CT molecular complexity index is 438. The zero-order valence-electron chi connectivity index (χ0n) is 11.3. The number of carbonyl (C=O) groups excluding carboxylic acids is 1. The summed E-state index contributed by atoms with van der Waals surface area (Å²) in [5, 5.41) is 2.99. The van der Waals surface area contributed by atoms with Crippen LogP contribution in [0.4, 0.5) is 0 Å². The monoisotopic (exact) mass is 247 g/mol. The molecule has 0 heterocycles. The van der Waals surface area contributed by atoms with Gasteiger partial charge in [0.15, 0.2) is 6.10 Å². The highest BCUT2D eigenvalue weighted by atomic mass is 16.5. The fourth-order valence-electron chi connectivity index (χ4n) is 1.80. The minimum atomic E-state index is -0.382. The van der Waals surface area contributed by atoms with Crippen LogP contribution in [0.15, 0.2) is 18.2 Å². The van der Waals surface area contributed by atoms with Crippen LogP contribution < -0.4 is 10.1 Å². The Kier molecular flexibility index (Phi) is 3.90. The number of benzene rings is 1. The maximum atomic E-state index is 11.9. The van der Waals surface area contributed by atoms with Crippen molar-refractivity contribution in [2.24, 2.45) is 0 Å². The smallest absolute Gasteiger partial charge is 0.261 e. The molecule has 1 aromatic carbocycles. The topological polar surface area (TPSA) is 38.3 Å². The molecule has 1 saturated carbocycles. The number of aryl methyl sites for hydroxylation is 2. The van der Waals surface area contributed by atoms with Crippen LogP contribution in [0.25, 0.3) is 0 Å². The van der Waals surface area contributed by atoms with Crippen LogP contribution >= 0.6 is 0 Å². The molecule has 1 atom stereocenters. The normalized spacial score (nSPS) is 16.2. The van der Waals surface area contributed by atoms with E-state index in [0.29, 0.717) is 12.5 Å². The van der Waals surface area contributed by atoms with Gasteiger partial charge in [0, 0.05) is 6.04 Å². The predicted octanol–water partition coefficient (Wildman–Crippen LogP) is 2.74. The third kappa shape index (κ3) is 3.25. The Balaban J connectivity index is 1.99. The molecule has 3 nitrogen and oxygen atoms in total. The molecule has 0 aliphatic heterocycles. The largest absolute Gasteiger partial charge is 0.481 e. The first-order valence-corrected chi connectivity index (χ1v) is 6.64. The molecule has 98 valence electrons. The molecule has 0 radical (unpaired) electrons. The van der Waals surface area contributed by atoms with Crippen LogP contribution in [-0.4, -0.2) is 18.1 Å². The third-order valence-corrected chi connectivity index (χ3v) is 3.34. The number of carbonyl (C=O) groups is 1. The standard InChI is InChI=1S/C15H21NO2/c1-4-14(15(17)16-12-6-7-12)18-13-8-5-10(2)11(3)9-13/h5,8-9,12,14H,4,6-7H2,1-3H3,(H,16,17)/t14-/m0/s1. The summed E-state index contributed by atoms with van der Waals surface area (Å²) < 4.78 is 5.78. The maximum absolute atomic E-state index is 11.9. The molecule has 0 spiro atoms. The molecule has 0 unspecified atom stereocenters. The van der Waals surface area contributed by atoms with E-state index in [1.54, 1.807) is 0 Å². The summed E-state index contributed by atoms with van der Waals surface area (Å²) in [5.74, 6) is 0.786. The summed E-state index contributed by atoms with van der Waals surface area (Å²) in [6.45, 7) is 6.09. The maximum Gasteiger partial charge on any atom is 0.261 e. The zero-order chi connectivity index (χ0) is 13.1. The lowest BCUT2D eigenvalue weighted by atomic mass is 10.1. The van der Waals surface area contributed by atoms with Gasteiger partial charge in [0.1, 0.15) is 5.75 Å². The van der Waals surface area contributed by atoms with Crippen LogP contribution in [0.3, 0.4) is 0 Å². The molecule has 1 N–H and O–H groups in total. The average molecular weight is 247 g/mol. The Morgan fingerprint density at radius 3 is 2.67 bits per heavy atom. The molecule has 0 aromatic heterocycles. The van der Waals surface area contributed by atoms with E-state index >= 15 is 0 Å². The highest BCUT2D eigenvalue weighted by Crippen LogP contribution is 2.21. The fraction of sp³-hybridized carbons (Fsp3) is 0.533. The van der Waals surface area contributed by atoms with Gasteiger partial charge < -0.3 is 10.1 Å². The van der Waals surface area contributed by atoms with Crippen molar-refractivity contribution in [2.45, 2.75) is 52.2 Å². The number of hydrogen-bond donors (Lipinski definition) is 1. The van der Waals surface area contributed by atoms with Gasteiger partial charge in [-0.25, -0.2) is 0 Å². The zero-order valence-corrected chi connectivity index (χ0v) is 11.3. The number of amides is 1. The molecule has 1 aliphatic carbocycles. The van der Waals surface area contributed by atoms with E-state index in [2.05, 4.69) is 12.2 Å². The number of rotatable bonds is 5. The van der Waals surface area contributed by atoms with Gasteiger partial charge in [-0.15, -0.1) is 0 Å². The highest BCUT2D eigenvalue weighted by molar-refractivity contribution is 5.81. The van der Waals surface area contributed by atoms with E-state index in [4.69, 9.17) is 4.74 Å². The van der Waals surface area contributed by atoms with Crippen molar-refractivity contribution in [3.63, 3.8) is 0 Å². The quantitative estimate of drug-likeness (QED) is 0.868. The van der Waals surface area contributed by atoms with E-state index in [0.717, 1.165) is 18.6 Å². The first kappa shape index (κ1) is 12.9. The van der Waals surface area contributed by atoms with Gasteiger partial charge in [-0.1, -0.05) is 13.0 Å². The fourth-order valence-corrected chi connectivity index (χ4v) is 1.80. The van der Waals surface area contributed by atoms with Gasteiger partial charge in [0.25, 0.3) is 5.91 Å². The summed E-state index contributed by atoms with van der Waals surface area (Å²) in [7, 11) is 0. The molecule has 1 amide bonds. The van der Waals surface area contributed by atoms with E-state index < -0.39 is 0 Å². The van der Waals surface area contributed by atoms with E-state index in [9.17, 15) is 4.79 Å². The molecule has 1 aromatic rings. The molecule has 1 fully saturated rings. The van der Waals surface area contributed by atoms with Crippen LogP contribution in [0, 0.1) is 13.8 Å². The van der Waals surface area contributed by atoms with Gasteiger partial charge in [-0.2, -0.15) is 0 Å². The van der Waals surface area contributed by atoms with Gasteiger partial charge in [0.2, 0.25) is 0 Å². The molecular weight excluding hydrogens is 226 g/mol. The number of ether oxygens (including phenoxy) is 1. The third-order valence-electron chi connectivity index (χ3n) is 3.34. The molecule has 1 aliphatic rings. The Morgan fingerprint density at radius 2 is 2.11 bits per heavy atom. The summed E-state index contributed by atoms with van der Waals surface area (Å²) in [5.41, 5.74) is 2.42. The highest BCUT2D eigenvalue weighted by Gasteiger charge is 2.27. The first-order chi connectivity index (χ1) is 8.60. The minimum Gasteiger partial charge on any atom is -0.481 e. The van der Waals surface area contributed by atoms with Crippen molar-refractivity contribution in [2.75, 3.05) is 0 Å². The van der Waals surface area contributed by atoms with Crippen LogP contribution in [-0.2, 0) is 4.79 Å². The summed E-state index contributed by atoms with van der Waals surface area (Å²) in [6, 6.07) is 6.32. The van der Waals surface area contributed by atoms with Gasteiger partial charge >= 0.3 is 0 Å². The van der Waals surface area contributed by atoms with Gasteiger partial charge in [-0.05, 0) is 56.4 Å². The Hall–Kier alpha value is -1.51. The van der Waals surface area contributed by atoms with Crippen molar-refractivity contribution in [3.8, 4) is 5.75 Å². The SMILES string of the molecule is CC[C@H](Oc1ccc(C)c(C)c1)C(=O)NC1CC1. The van der Waals surface area contributed by atoms with Gasteiger partial charge in [0.05, 0.1) is 0 Å². The van der Waals surface area contributed by atoms with Gasteiger partial charge in [-0.3, -0.25) is 4.79 Å². The molecular formula is C15H21NO2. The number of hydrogen-bond acceptors (Lipinski definition) is 2. The Labute approximate surface area is 109 Å². The summed E-state index contributed by atoms with van der Waals surface area (Å²) in [4.78, 5) is 11.9.